The summed E-state index contributed by atoms with van der Waals surface area (Å²) in [7, 11) is 0. The maximum Gasteiger partial charge on any atom is 0.314 e. The van der Waals surface area contributed by atoms with Crippen molar-refractivity contribution in [3.8, 4) is 0 Å². The van der Waals surface area contributed by atoms with Crippen molar-refractivity contribution in [3.63, 3.8) is 0 Å². The first-order chi connectivity index (χ1) is 7.90. The van der Waals surface area contributed by atoms with Crippen LogP contribution in [-0.2, 0) is 9.59 Å². The summed E-state index contributed by atoms with van der Waals surface area (Å²) in [5.74, 6) is -2.57. The average molecular weight is 240 g/mol. The molecule has 3 atom stereocenters. The SMILES string of the molecule is CCC(O)C(C)C=CC=CC(=O)C(C)C(=O)O. The first-order valence-electron chi connectivity index (χ1n) is 5.69. The molecule has 0 bridgehead atoms. The Morgan fingerprint density at radius 1 is 1.24 bits per heavy atom. The molecule has 0 aliphatic rings. The third-order valence-corrected chi connectivity index (χ3v) is 2.61. The lowest BCUT2D eigenvalue weighted by Gasteiger charge is -2.11. The lowest BCUT2D eigenvalue weighted by Crippen LogP contribution is -2.18. The van der Waals surface area contributed by atoms with Gasteiger partial charge in [0.25, 0.3) is 0 Å². The molecular weight excluding hydrogens is 220 g/mol. The van der Waals surface area contributed by atoms with Crippen LogP contribution in [0, 0.1) is 11.8 Å². The summed E-state index contributed by atoms with van der Waals surface area (Å²) in [6, 6.07) is 0. The molecule has 4 heteroatoms. The Labute approximate surface area is 102 Å². The molecule has 0 aromatic carbocycles. The van der Waals surface area contributed by atoms with Crippen LogP contribution in [0.2, 0.25) is 0 Å². The highest BCUT2D eigenvalue weighted by Crippen LogP contribution is 2.08. The van der Waals surface area contributed by atoms with Gasteiger partial charge < -0.3 is 10.2 Å². The Bertz CT molecular complexity index is 317. The van der Waals surface area contributed by atoms with E-state index in [2.05, 4.69) is 0 Å². The van der Waals surface area contributed by atoms with Gasteiger partial charge >= 0.3 is 5.97 Å². The fourth-order valence-corrected chi connectivity index (χ4v) is 1.16. The summed E-state index contributed by atoms with van der Waals surface area (Å²) in [6.45, 7) is 5.12. The number of aliphatic carboxylic acids is 1. The van der Waals surface area contributed by atoms with E-state index in [9.17, 15) is 14.7 Å². The Balaban J connectivity index is 4.24. The van der Waals surface area contributed by atoms with E-state index < -0.39 is 23.8 Å². The van der Waals surface area contributed by atoms with Gasteiger partial charge in [-0.05, 0) is 19.4 Å². The second-order valence-corrected chi connectivity index (χ2v) is 4.04. The second-order valence-electron chi connectivity index (χ2n) is 4.04. The molecule has 0 fully saturated rings. The number of carboxylic acid groups (broad SMARTS) is 1. The van der Waals surface area contributed by atoms with Crippen molar-refractivity contribution in [1.29, 1.82) is 0 Å². The number of hydrogen-bond acceptors (Lipinski definition) is 3. The van der Waals surface area contributed by atoms with E-state index in [-0.39, 0.29) is 5.92 Å². The van der Waals surface area contributed by atoms with Crippen LogP contribution in [0.15, 0.2) is 24.3 Å². The molecule has 0 amide bonds. The van der Waals surface area contributed by atoms with Crippen molar-refractivity contribution < 1.29 is 19.8 Å². The lowest BCUT2D eigenvalue weighted by atomic mass is 10.0. The van der Waals surface area contributed by atoms with Crippen molar-refractivity contribution in [3.05, 3.63) is 24.3 Å². The van der Waals surface area contributed by atoms with Crippen LogP contribution >= 0.6 is 0 Å². The van der Waals surface area contributed by atoms with Gasteiger partial charge in [-0.15, -0.1) is 0 Å². The topological polar surface area (TPSA) is 74.6 Å². The minimum Gasteiger partial charge on any atom is -0.481 e. The van der Waals surface area contributed by atoms with E-state index in [4.69, 9.17) is 5.11 Å². The van der Waals surface area contributed by atoms with E-state index in [1.807, 2.05) is 13.8 Å². The quantitative estimate of drug-likeness (QED) is 0.404. The third-order valence-electron chi connectivity index (χ3n) is 2.61. The van der Waals surface area contributed by atoms with Crippen molar-refractivity contribution in [2.45, 2.75) is 33.3 Å². The van der Waals surface area contributed by atoms with Crippen molar-refractivity contribution in [1.82, 2.24) is 0 Å². The normalized spacial score (nSPS) is 17.2. The molecule has 0 aromatic heterocycles. The zero-order chi connectivity index (χ0) is 13.4. The van der Waals surface area contributed by atoms with Crippen molar-refractivity contribution in [2.24, 2.45) is 11.8 Å². The molecule has 96 valence electrons. The highest BCUT2D eigenvalue weighted by molar-refractivity contribution is 6.04. The van der Waals surface area contributed by atoms with Crippen LogP contribution in [0.1, 0.15) is 27.2 Å². The van der Waals surface area contributed by atoms with Crippen molar-refractivity contribution >= 4 is 11.8 Å². The molecule has 4 nitrogen and oxygen atoms in total. The molecule has 0 aliphatic carbocycles. The zero-order valence-corrected chi connectivity index (χ0v) is 10.5. The smallest absolute Gasteiger partial charge is 0.314 e. The van der Waals surface area contributed by atoms with Crippen LogP contribution in [0.5, 0.6) is 0 Å². The molecular formula is C13H20O4. The number of rotatable bonds is 7. The number of aliphatic hydroxyl groups is 1. The minimum absolute atomic E-state index is 0.0108. The summed E-state index contributed by atoms with van der Waals surface area (Å²) in [5.41, 5.74) is 0. The third kappa shape index (κ3) is 6.02. The lowest BCUT2D eigenvalue weighted by molar-refractivity contribution is -0.144. The predicted octanol–water partition coefficient (Wildman–Crippen LogP) is 1.80. The molecule has 0 radical (unpaired) electrons. The number of carbonyl (C=O) groups excluding carboxylic acids is 1. The molecule has 0 aromatic rings. The number of hydrogen-bond donors (Lipinski definition) is 2. The van der Waals surface area contributed by atoms with Crippen molar-refractivity contribution in [2.75, 3.05) is 0 Å². The number of ketones is 1. The van der Waals surface area contributed by atoms with E-state index in [0.717, 1.165) is 0 Å². The summed E-state index contributed by atoms with van der Waals surface area (Å²) >= 11 is 0. The van der Waals surface area contributed by atoms with Gasteiger partial charge in [-0.3, -0.25) is 9.59 Å². The molecule has 3 unspecified atom stereocenters. The summed E-state index contributed by atoms with van der Waals surface area (Å²) in [6.07, 6.45) is 6.44. The van der Waals surface area contributed by atoms with Crippen LogP contribution in [-0.4, -0.2) is 28.1 Å². The van der Waals surface area contributed by atoms with E-state index in [0.29, 0.717) is 6.42 Å². The summed E-state index contributed by atoms with van der Waals surface area (Å²) in [4.78, 5) is 21.8. The minimum atomic E-state index is -1.13. The van der Waals surface area contributed by atoms with Crippen LogP contribution in [0.4, 0.5) is 0 Å². The molecule has 0 spiro atoms. The Morgan fingerprint density at radius 2 is 1.82 bits per heavy atom. The van der Waals surface area contributed by atoms with Crippen LogP contribution < -0.4 is 0 Å². The maximum atomic E-state index is 11.3. The van der Waals surface area contributed by atoms with Gasteiger partial charge in [-0.25, -0.2) is 0 Å². The molecule has 0 saturated heterocycles. The highest BCUT2D eigenvalue weighted by Gasteiger charge is 2.17. The van der Waals surface area contributed by atoms with Gasteiger partial charge in [0.05, 0.1) is 6.10 Å². The molecule has 0 saturated carbocycles. The Kier molecular flexibility index (Phi) is 7.14. The molecule has 2 N–H and O–H groups in total. The second kappa shape index (κ2) is 7.79. The molecule has 0 rings (SSSR count). The molecule has 0 heterocycles. The van der Waals surface area contributed by atoms with E-state index in [1.165, 1.54) is 19.1 Å². The number of carboxylic acids is 1. The van der Waals surface area contributed by atoms with E-state index >= 15 is 0 Å². The highest BCUT2D eigenvalue weighted by atomic mass is 16.4. The van der Waals surface area contributed by atoms with Gasteiger partial charge in [0.15, 0.2) is 5.78 Å². The van der Waals surface area contributed by atoms with Gasteiger partial charge in [-0.2, -0.15) is 0 Å². The van der Waals surface area contributed by atoms with Gasteiger partial charge in [0, 0.05) is 5.92 Å². The van der Waals surface area contributed by atoms with Crippen LogP contribution in [0.25, 0.3) is 0 Å². The van der Waals surface area contributed by atoms with Gasteiger partial charge in [0.2, 0.25) is 0 Å². The fourth-order valence-electron chi connectivity index (χ4n) is 1.16. The Hall–Kier alpha value is -1.42. The first-order valence-corrected chi connectivity index (χ1v) is 5.69. The monoisotopic (exact) mass is 240 g/mol. The average Bonchev–Trinajstić information content (AvgIpc) is 2.31. The zero-order valence-electron chi connectivity index (χ0n) is 10.5. The molecule has 0 aliphatic heterocycles. The first kappa shape index (κ1) is 15.6. The largest absolute Gasteiger partial charge is 0.481 e. The van der Waals surface area contributed by atoms with E-state index in [1.54, 1.807) is 12.2 Å². The summed E-state index contributed by atoms with van der Waals surface area (Å²) in [5, 5.41) is 18.1. The number of aliphatic hydroxyl groups excluding tert-OH is 1. The summed E-state index contributed by atoms with van der Waals surface area (Å²) < 4.78 is 0. The maximum absolute atomic E-state index is 11.3. The predicted molar refractivity (Wildman–Crippen MR) is 65.5 cm³/mol. The number of carbonyl (C=O) groups is 2. The van der Waals surface area contributed by atoms with Crippen LogP contribution in [0.3, 0.4) is 0 Å². The standard InChI is InChI=1S/C13H20O4/c1-4-11(14)9(2)7-5-6-8-12(15)10(3)13(16)17/h5-11,14H,4H2,1-3H3,(H,16,17). The molecule has 17 heavy (non-hydrogen) atoms. The Morgan fingerprint density at radius 3 is 2.29 bits per heavy atom. The van der Waals surface area contributed by atoms with Gasteiger partial charge in [-0.1, -0.05) is 32.1 Å². The fraction of sp³-hybridized carbons (Fsp3) is 0.538. The number of allylic oxidation sites excluding steroid dienone is 3. The van der Waals surface area contributed by atoms with Gasteiger partial charge in [0.1, 0.15) is 5.92 Å².